The predicted octanol–water partition coefficient (Wildman–Crippen LogP) is 3.79. The van der Waals surface area contributed by atoms with Crippen molar-refractivity contribution in [3.63, 3.8) is 0 Å². The van der Waals surface area contributed by atoms with Gasteiger partial charge in [-0.15, -0.1) is 11.3 Å². The highest BCUT2D eigenvalue weighted by Crippen LogP contribution is 2.25. The molecule has 0 unspecified atom stereocenters. The molecule has 0 aliphatic carbocycles. The zero-order valence-corrected chi connectivity index (χ0v) is 17.1. The fourth-order valence-corrected chi connectivity index (χ4v) is 4.19. The zero-order valence-electron chi connectivity index (χ0n) is 14.7. The summed E-state index contributed by atoms with van der Waals surface area (Å²) in [6.45, 7) is 1.98. The predicted molar refractivity (Wildman–Crippen MR) is 113 cm³/mol. The zero-order chi connectivity index (χ0) is 20.3. The second-order valence-electron chi connectivity index (χ2n) is 5.78. The van der Waals surface area contributed by atoms with Crippen molar-refractivity contribution >= 4 is 46.2 Å². The smallest absolute Gasteiger partial charge is 0.267 e. The van der Waals surface area contributed by atoms with Crippen LogP contribution in [0, 0.1) is 22.7 Å². The third-order valence-corrected chi connectivity index (χ3v) is 6.07. The van der Waals surface area contributed by atoms with E-state index in [-0.39, 0.29) is 11.1 Å². The molecule has 3 rings (SSSR count). The first-order chi connectivity index (χ1) is 13.5. The van der Waals surface area contributed by atoms with Gasteiger partial charge in [-0.2, -0.15) is 10.5 Å². The van der Waals surface area contributed by atoms with E-state index in [2.05, 4.69) is 0 Å². The van der Waals surface area contributed by atoms with Gasteiger partial charge in [0, 0.05) is 0 Å². The van der Waals surface area contributed by atoms with Crippen LogP contribution in [0.15, 0.2) is 47.3 Å². The Bertz CT molecular complexity index is 1310. The molecule has 0 aliphatic heterocycles. The molecular formula is C21H13Cl2N3OS. The molecule has 0 saturated carbocycles. The summed E-state index contributed by atoms with van der Waals surface area (Å²) in [7, 11) is 0. The van der Waals surface area contributed by atoms with E-state index in [0.717, 1.165) is 16.9 Å². The van der Waals surface area contributed by atoms with Gasteiger partial charge in [-0.3, -0.25) is 9.36 Å². The Balaban J connectivity index is 2.46. The van der Waals surface area contributed by atoms with Crippen molar-refractivity contribution in [3.05, 3.63) is 83.2 Å². The monoisotopic (exact) mass is 425 g/mol. The van der Waals surface area contributed by atoms with Crippen LogP contribution in [0.25, 0.3) is 17.3 Å². The molecule has 138 valence electrons. The highest BCUT2D eigenvalue weighted by Gasteiger charge is 2.14. The van der Waals surface area contributed by atoms with Gasteiger partial charge in [0.2, 0.25) is 0 Å². The van der Waals surface area contributed by atoms with Crippen LogP contribution < -0.4 is 14.8 Å². The van der Waals surface area contributed by atoms with Crippen LogP contribution in [0.1, 0.15) is 18.1 Å². The van der Waals surface area contributed by atoms with Crippen LogP contribution in [-0.4, -0.2) is 4.57 Å². The minimum Gasteiger partial charge on any atom is -0.267 e. The van der Waals surface area contributed by atoms with E-state index in [1.54, 1.807) is 30.3 Å². The van der Waals surface area contributed by atoms with E-state index in [4.69, 9.17) is 23.2 Å². The van der Waals surface area contributed by atoms with Crippen LogP contribution in [0.5, 0.6) is 0 Å². The number of rotatable bonds is 3. The molecule has 0 N–H and O–H groups in total. The number of thiazole rings is 1. The largest absolute Gasteiger partial charge is 0.273 e. The second kappa shape index (κ2) is 8.46. The first-order valence-electron chi connectivity index (χ1n) is 8.32. The maximum absolute atomic E-state index is 13.2. The molecule has 0 saturated heterocycles. The van der Waals surface area contributed by atoms with E-state index < -0.39 is 0 Å². The molecule has 0 amide bonds. The average Bonchev–Trinajstić information content (AvgIpc) is 3.02. The Labute approximate surface area is 175 Å². The van der Waals surface area contributed by atoms with Gasteiger partial charge in [0.15, 0.2) is 5.57 Å². The van der Waals surface area contributed by atoms with Crippen LogP contribution in [0.3, 0.4) is 0 Å². The Hall–Kier alpha value is -2.83. The molecule has 28 heavy (non-hydrogen) atoms. The number of halogens is 2. The van der Waals surface area contributed by atoms with Gasteiger partial charge >= 0.3 is 0 Å². The van der Waals surface area contributed by atoms with Crippen LogP contribution >= 0.6 is 34.5 Å². The third-order valence-electron chi connectivity index (χ3n) is 4.14. The van der Waals surface area contributed by atoms with Crippen molar-refractivity contribution < 1.29 is 0 Å². The molecule has 0 atom stereocenters. The van der Waals surface area contributed by atoms with Crippen molar-refractivity contribution in [2.75, 3.05) is 0 Å². The molecule has 1 aromatic heterocycles. The molecule has 0 fully saturated rings. The van der Waals surface area contributed by atoms with Crippen molar-refractivity contribution in [1.29, 1.82) is 10.5 Å². The van der Waals surface area contributed by atoms with Gasteiger partial charge in [-0.05, 0) is 35.8 Å². The lowest BCUT2D eigenvalue weighted by molar-refractivity contribution is 0.953. The van der Waals surface area contributed by atoms with E-state index in [9.17, 15) is 15.3 Å². The molecule has 0 spiro atoms. The average molecular weight is 426 g/mol. The van der Waals surface area contributed by atoms with E-state index in [0.29, 0.717) is 36.9 Å². The third kappa shape index (κ3) is 3.61. The molecule has 0 radical (unpaired) electrons. The van der Waals surface area contributed by atoms with Gasteiger partial charge in [-0.1, -0.05) is 60.5 Å². The summed E-state index contributed by atoms with van der Waals surface area (Å²) >= 11 is 13.4. The maximum atomic E-state index is 13.2. The summed E-state index contributed by atoms with van der Waals surface area (Å²) in [5.41, 5.74) is 1.74. The second-order valence-corrected chi connectivity index (χ2v) is 7.60. The Morgan fingerprint density at radius 2 is 1.86 bits per heavy atom. The van der Waals surface area contributed by atoms with Crippen molar-refractivity contribution in [1.82, 2.24) is 4.57 Å². The lowest BCUT2D eigenvalue weighted by Crippen LogP contribution is -2.31. The summed E-state index contributed by atoms with van der Waals surface area (Å²) in [6.07, 6.45) is 2.33. The van der Waals surface area contributed by atoms with Gasteiger partial charge in [0.1, 0.15) is 16.8 Å². The van der Waals surface area contributed by atoms with Crippen LogP contribution in [0.4, 0.5) is 0 Å². The van der Waals surface area contributed by atoms with E-state index in [1.165, 1.54) is 4.57 Å². The molecule has 1 heterocycles. The lowest BCUT2D eigenvalue weighted by atomic mass is 10.1. The molecular weight excluding hydrogens is 413 g/mol. The number of para-hydroxylation sites is 1. The SMILES string of the molecule is CCc1ccccc1-n1c(=C(C#N)C#N)s/c(=C/c2cccc(Cl)c2Cl)c1=O. The Morgan fingerprint density at radius 1 is 1.14 bits per heavy atom. The number of hydrogen-bond donors (Lipinski definition) is 0. The number of aromatic nitrogens is 1. The minimum atomic E-state index is -0.319. The van der Waals surface area contributed by atoms with Gasteiger partial charge in [0.25, 0.3) is 5.56 Å². The lowest BCUT2D eigenvalue weighted by Gasteiger charge is -2.08. The van der Waals surface area contributed by atoms with Crippen molar-refractivity contribution in [2.24, 2.45) is 0 Å². The number of nitrogens with zero attached hydrogens (tertiary/aromatic N) is 3. The Kier molecular flexibility index (Phi) is 6.02. The molecule has 0 bridgehead atoms. The maximum Gasteiger partial charge on any atom is 0.273 e. The number of nitriles is 2. The number of hydrogen-bond acceptors (Lipinski definition) is 4. The van der Waals surface area contributed by atoms with Crippen molar-refractivity contribution in [2.45, 2.75) is 13.3 Å². The summed E-state index contributed by atoms with van der Waals surface area (Å²) < 4.78 is 2.07. The number of aryl methyl sites for hydroxylation is 1. The Morgan fingerprint density at radius 3 is 2.54 bits per heavy atom. The van der Waals surface area contributed by atoms with Gasteiger partial charge < -0.3 is 0 Å². The van der Waals surface area contributed by atoms with E-state index in [1.807, 2.05) is 37.3 Å². The summed E-state index contributed by atoms with van der Waals surface area (Å²) in [4.78, 5) is 13.2. The van der Waals surface area contributed by atoms with Crippen LogP contribution in [-0.2, 0) is 6.42 Å². The molecule has 2 aromatic carbocycles. The minimum absolute atomic E-state index is 0.121. The van der Waals surface area contributed by atoms with Gasteiger partial charge in [-0.25, -0.2) is 0 Å². The molecule has 7 heteroatoms. The van der Waals surface area contributed by atoms with Crippen molar-refractivity contribution in [3.8, 4) is 17.8 Å². The molecule has 3 aromatic rings. The summed E-state index contributed by atoms with van der Waals surface area (Å²) in [5, 5.41) is 19.5. The highest BCUT2D eigenvalue weighted by molar-refractivity contribution is 7.07. The fourth-order valence-electron chi connectivity index (χ4n) is 2.79. The van der Waals surface area contributed by atoms with Crippen LogP contribution in [0.2, 0.25) is 10.0 Å². The molecule has 0 aliphatic rings. The van der Waals surface area contributed by atoms with Gasteiger partial charge in [0.05, 0.1) is 20.3 Å². The number of benzene rings is 2. The quantitative estimate of drug-likeness (QED) is 0.640. The first kappa shape index (κ1) is 19.9. The first-order valence-corrected chi connectivity index (χ1v) is 9.89. The van der Waals surface area contributed by atoms with E-state index >= 15 is 0 Å². The highest BCUT2D eigenvalue weighted by atomic mass is 35.5. The standard InChI is InChI=1S/C21H13Cl2N3OS/c1-2-13-6-3-4-9-17(13)26-20(27)18(28-21(26)15(11-24)12-25)10-14-7-5-8-16(22)19(14)23/h3-10H,2H2,1H3/b18-10+. The fraction of sp³-hybridized carbons (Fsp3) is 0.0952. The topological polar surface area (TPSA) is 69.6 Å². The normalized spacial score (nSPS) is 11.1. The summed E-state index contributed by atoms with van der Waals surface area (Å²) in [5.74, 6) is 0. The summed E-state index contributed by atoms with van der Waals surface area (Å²) in [6, 6.07) is 16.3. The molecule has 4 nitrogen and oxygen atoms in total.